The Morgan fingerprint density at radius 2 is 1.42 bits per heavy atom. The SMILES string of the molecule is COc1cccc(OC)c1/C(O)=C1\C(=O)C(=O)N(c2cccc(C)c2)C1c1cccc(C)c1. The lowest BCUT2D eigenvalue weighted by molar-refractivity contribution is -0.132. The molecule has 1 fully saturated rings. The van der Waals surface area contributed by atoms with Crippen LogP contribution in [-0.4, -0.2) is 31.0 Å². The number of benzene rings is 3. The Balaban J connectivity index is 2.03. The highest BCUT2D eigenvalue weighted by atomic mass is 16.5. The van der Waals surface area contributed by atoms with Gasteiger partial charge in [-0.05, 0) is 49.2 Å². The molecule has 1 heterocycles. The number of hydrogen-bond acceptors (Lipinski definition) is 5. The van der Waals surface area contributed by atoms with Gasteiger partial charge in [-0.1, -0.05) is 48.0 Å². The molecule has 168 valence electrons. The second-order valence-electron chi connectivity index (χ2n) is 7.96. The third-order valence-corrected chi connectivity index (χ3v) is 5.75. The number of carbonyl (C=O) groups is 2. The van der Waals surface area contributed by atoms with E-state index in [1.165, 1.54) is 19.1 Å². The van der Waals surface area contributed by atoms with Gasteiger partial charge < -0.3 is 14.6 Å². The summed E-state index contributed by atoms with van der Waals surface area (Å²) in [5.74, 6) is -1.16. The van der Waals surface area contributed by atoms with E-state index in [9.17, 15) is 14.7 Å². The molecule has 1 amide bonds. The number of amides is 1. The molecule has 4 rings (SSSR count). The van der Waals surface area contributed by atoms with Crippen LogP contribution in [0.2, 0.25) is 0 Å². The maximum atomic E-state index is 13.4. The monoisotopic (exact) mass is 443 g/mol. The fourth-order valence-corrected chi connectivity index (χ4v) is 4.25. The van der Waals surface area contributed by atoms with Gasteiger partial charge in [-0.15, -0.1) is 0 Å². The lowest BCUT2D eigenvalue weighted by Crippen LogP contribution is -2.29. The first kappa shape index (κ1) is 22.1. The zero-order valence-electron chi connectivity index (χ0n) is 19.0. The van der Waals surface area contributed by atoms with Crippen LogP contribution < -0.4 is 14.4 Å². The Morgan fingerprint density at radius 3 is 2.00 bits per heavy atom. The van der Waals surface area contributed by atoms with Gasteiger partial charge in [-0.3, -0.25) is 14.5 Å². The molecule has 0 aliphatic carbocycles. The van der Waals surface area contributed by atoms with Gasteiger partial charge in [0.25, 0.3) is 11.7 Å². The van der Waals surface area contributed by atoms with Crippen molar-refractivity contribution in [1.82, 2.24) is 0 Å². The van der Waals surface area contributed by atoms with Crippen LogP contribution in [0.5, 0.6) is 11.5 Å². The van der Waals surface area contributed by atoms with Crippen LogP contribution in [-0.2, 0) is 9.59 Å². The van der Waals surface area contributed by atoms with E-state index in [0.29, 0.717) is 22.7 Å². The van der Waals surface area contributed by atoms with Gasteiger partial charge in [0.1, 0.15) is 22.8 Å². The summed E-state index contributed by atoms with van der Waals surface area (Å²) in [4.78, 5) is 28.1. The molecule has 6 nitrogen and oxygen atoms in total. The summed E-state index contributed by atoms with van der Waals surface area (Å²) >= 11 is 0. The molecule has 6 heteroatoms. The fourth-order valence-electron chi connectivity index (χ4n) is 4.25. The minimum Gasteiger partial charge on any atom is -0.506 e. The van der Waals surface area contributed by atoms with Crippen LogP contribution in [0.4, 0.5) is 5.69 Å². The third kappa shape index (κ3) is 3.84. The summed E-state index contributed by atoms with van der Waals surface area (Å²) in [6.45, 7) is 3.85. The Kier molecular flexibility index (Phi) is 5.92. The molecule has 1 atom stereocenters. The van der Waals surface area contributed by atoms with E-state index >= 15 is 0 Å². The Hall–Kier alpha value is -4.06. The van der Waals surface area contributed by atoms with E-state index in [4.69, 9.17) is 9.47 Å². The summed E-state index contributed by atoms with van der Waals surface area (Å²) in [5, 5.41) is 11.5. The Morgan fingerprint density at radius 1 is 0.848 bits per heavy atom. The van der Waals surface area contributed by atoms with Crippen molar-refractivity contribution in [3.8, 4) is 11.5 Å². The van der Waals surface area contributed by atoms with Gasteiger partial charge in [0, 0.05) is 5.69 Å². The molecular formula is C27H25NO5. The number of carbonyl (C=O) groups excluding carboxylic acids is 2. The lowest BCUT2D eigenvalue weighted by atomic mass is 9.93. The molecule has 0 saturated carbocycles. The molecule has 1 unspecified atom stereocenters. The number of aliphatic hydroxyl groups is 1. The maximum absolute atomic E-state index is 13.4. The van der Waals surface area contributed by atoms with E-state index in [1.807, 2.05) is 56.3 Å². The number of nitrogens with zero attached hydrogens (tertiary/aromatic N) is 1. The van der Waals surface area contributed by atoms with Crippen molar-refractivity contribution in [3.63, 3.8) is 0 Å². The molecule has 3 aromatic carbocycles. The van der Waals surface area contributed by atoms with Crippen molar-refractivity contribution >= 4 is 23.1 Å². The van der Waals surface area contributed by atoms with Crippen molar-refractivity contribution < 1.29 is 24.2 Å². The first-order valence-electron chi connectivity index (χ1n) is 10.5. The molecule has 1 aliphatic rings. The number of Topliss-reactive ketones (excluding diaryl/α,β-unsaturated/α-hetero) is 1. The van der Waals surface area contributed by atoms with Gasteiger partial charge in [0.2, 0.25) is 0 Å². The standard InChI is InChI=1S/C27H25NO5/c1-16-8-5-10-18(14-16)24-23(25(29)22-20(32-3)12-7-13-21(22)33-4)26(30)27(31)28(24)19-11-6-9-17(2)15-19/h5-15,24,29H,1-4H3/b25-23+. The van der Waals surface area contributed by atoms with E-state index in [-0.39, 0.29) is 16.9 Å². The smallest absolute Gasteiger partial charge is 0.300 e. The highest BCUT2D eigenvalue weighted by Gasteiger charge is 2.47. The largest absolute Gasteiger partial charge is 0.506 e. The average molecular weight is 443 g/mol. The number of aliphatic hydroxyl groups excluding tert-OH is 1. The summed E-state index contributed by atoms with van der Waals surface area (Å²) in [5.41, 5.74) is 3.42. The van der Waals surface area contributed by atoms with E-state index in [0.717, 1.165) is 11.1 Å². The molecular weight excluding hydrogens is 418 g/mol. The number of aryl methyl sites for hydroxylation is 2. The molecule has 0 bridgehead atoms. The molecule has 0 spiro atoms. The molecule has 3 aromatic rings. The Bertz CT molecular complexity index is 1250. The number of ketones is 1. The van der Waals surface area contributed by atoms with Crippen LogP contribution in [0.3, 0.4) is 0 Å². The molecule has 33 heavy (non-hydrogen) atoms. The molecule has 0 radical (unpaired) electrons. The number of rotatable bonds is 5. The van der Waals surface area contributed by atoms with Crippen molar-refractivity contribution in [2.45, 2.75) is 19.9 Å². The second kappa shape index (κ2) is 8.82. The average Bonchev–Trinajstić information content (AvgIpc) is 3.08. The number of ether oxygens (including phenoxy) is 2. The summed E-state index contributed by atoms with van der Waals surface area (Å²) in [6.07, 6.45) is 0. The topological polar surface area (TPSA) is 76.1 Å². The number of anilines is 1. The first-order chi connectivity index (χ1) is 15.9. The zero-order chi connectivity index (χ0) is 23.7. The fraction of sp³-hybridized carbons (Fsp3) is 0.185. The van der Waals surface area contributed by atoms with Crippen LogP contribution in [0, 0.1) is 13.8 Å². The minimum atomic E-state index is -0.818. The second-order valence-corrected chi connectivity index (χ2v) is 7.96. The third-order valence-electron chi connectivity index (χ3n) is 5.75. The molecule has 0 aromatic heterocycles. The van der Waals surface area contributed by atoms with Crippen LogP contribution >= 0.6 is 0 Å². The van der Waals surface area contributed by atoms with Crippen LogP contribution in [0.15, 0.2) is 72.3 Å². The summed E-state index contributed by atoms with van der Waals surface area (Å²) in [7, 11) is 2.93. The molecule has 1 N–H and O–H groups in total. The van der Waals surface area contributed by atoms with Crippen molar-refractivity contribution in [2.75, 3.05) is 19.1 Å². The molecule has 1 saturated heterocycles. The summed E-state index contributed by atoms with van der Waals surface area (Å²) < 4.78 is 10.9. The first-order valence-corrected chi connectivity index (χ1v) is 10.5. The highest BCUT2D eigenvalue weighted by Crippen LogP contribution is 2.45. The van der Waals surface area contributed by atoms with Crippen molar-refractivity contribution in [2.24, 2.45) is 0 Å². The quantitative estimate of drug-likeness (QED) is 0.343. The van der Waals surface area contributed by atoms with E-state index in [2.05, 4.69) is 0 Å². The maximum Gasteiger partial charge on any atom is 0.300 e. The van der Waals surface area contributed by atoms with Gasteiger partial charge >= 0.3 is 0 Å². The normalized spacial score (nSPS) is 17.3. The zero-order valence-corrected chi connectivity index (χ0v) is 19.0. The van der Waals surface area contributed by atoms with Crippen molar-refractivity contribution in [1.29, 1.82) is 0 Å². The predicted molar refractivity (Wildman–Crippen MR) is 127 cm³/mol. The van der Waals surface area contributed by atoms with E-state index < -0.39 is 17.7 Å². The van der Waals surface area contributed by atoms with Gasteiger partial charge in [0.15, 0.2) is 0 Å². The van der Waals surface area contributed by atoms with Crippen molar-refractivity contribution in [3.05, 3.63) is 94.6 Å². The summed E-state index contributed by atoms with van der Waals surface area (Å²) in [6, 6.07) is 19.2. The minimum absolute atomic E-state index is 0.0186. The number of methoxy groups -OCH3 is 2. The van der Waals surface area contributed by atoms with Crippen LogP contribution in [0.25, 0.3) is 5.76 Å². The van der Waals surface area contributed by atoms with Gasteiger partial charge in [0.05, 0.1) is 25.8 Å². The highest BCUT2D eigenvalue weighted by molar-refractivity contribution is 6.51. The van der Waals surface area contributed by atoms with E-state index in [1.54, 1.807) is 24.3 Å². The predicted octanol–water partition coefficient (Wildman–Crippen LogP) is 4.95. The van der Waals surface area contributed by atoms with Gasteiger partial charge in [-0.25, -0.2) is 0 Å². The van der Waals surface area contributed by atoms with Crippen LogP contribution in [0.1, 0.15) is 28.3 Å². The number of hydrogen-bond donors (Lipinski definition) is 1. The lowest BCUT2D eigenvalue weighted by Gasteiger charge is -2.26. The van der Waals surface area contributed by atoms with Gasteiger partial charge in [-0.2, -0.15) is 0 Å². The Labute approximate surface area is 192 Å². The molecule has 1 aliphatic heterocycles.